The highest BCUT2D eigenvalue weighted by Gasteiger charge is 2.26. The smallest absolute Gasteiger partial charge is 0.220 e. The summed E-state index contributed by atoms with van der Waals surface area (Å²) in [6.45, 7) is 4.17. The summed E-state index contributed by atoms with van der Waals surface area (Å²) in [5.74, 6) is -0.153. The lowest BCUT2D eigenvalue weighted by atomic mass is 10.0. The van der Waals surface area contributed by atoms with Gasteiger partial charge in [-0.25, -0.2) is 0 Å². The molecule has 63 heavy (non-hydrogen) atoms. The summed E-state index contributed by atoms with van der Waals surface area (Å²) < 4.78 is 0. The lowest BCUT2D eigenvalue weighted by Gasteiger charge is -2.26. The van der Waals surface area contributed by atoms with E-state index >= 15 is 0 Å². The fraction of sp³-hybridized carbons (Fsp3) is 0.914. The molecule has 0 saturated carbocycles. The Morgan fingerprint density at radius 3 is 0.968 bits per heavy atom. The topological polar surface area (TPSA) is 89.8 Å². The summed E-state index contributed by atoms with van der Waals surface area (Å²) in [6, 6.07) is -0.829. The number of carbonyl (C=O) groups excluding carboxylic acids is 1. The molecule has 0 fully saturated rings. The minimum absolute atomic E-state index is 0.153. The molecule has 0 aliphatic heterocycles. The first-order valence-electron chi connectivity index (χ1n) is 28.6. The molecule has 0 bridgehead atoms. The first-order chi connectivity index (χ1) is 31.1. The Hall–Kier alpha value is -1.17. The van der Waals surface area contributed by atoms with Crippen molar-refractivity contribution in [2.45, 2.75) is 334 Å². The second kappa shape index (κ2) is 53.4. The van der Waals surface area contributed by atoms with Crippen molar-refractivity contribution in [1.82, 2.24) is 5.32 Å². The number of hydrogen-bond donors (Lipinski definition) is 4. The second-order valence-electron chi connectivity index (χ2n) is 19.8. The van der Waals surface area contributed by atoms with E-state index in [2.05, 4.69) is 43.5 Å². The maximum Gasteiger partial charge on any atom is 0.220 e. The summed E-state index contributed by atoms with van der Waals surface area (Å²) in [5.41, 5.74) is 0. The zero-order valence-electron chi connectivity index (χ0n) is 42.7. The van der Waals surface area contributed by atoms with E-state index < -0.39 is 18.2 Å². The van der Waals surface area contributed by atoms with Crippen LogP contribution >= 0.6 is 0 Å². The van der Waals surface area contributed by atoms with Crippen molar-refractivity contribution < 1.29 is 20.1 Å². The molecule has 0 aromatic carbocycles. The highest BCUT2D eigenvalue weighted by Crippen LogP contribution is 2.18. The van der Waals surface area contributed by atoms with E-state index in [-0.39, 0.29) is 12.5 Å². The molecular formula is C58H113NO4. The molecule has 3 unspecified atom stereocenters. The number of nitrogens with one attached hydrogen (secondary N) is 1. The summed E-state index contributed by atoms with van der Waals surface area (Å²) in [5, 5.41) is 33.6. The van der Waals surface area contributed by atoms with Gasteiger partial charge in [0.15, 0.2) is 0 Å². The molecule has 0 spiro atoms. The Balaban J connectivity index is 3.45. The van der Waals surface area contributed by atoms with Crippen LogP contribution in [-0.2, 0) is 4.79 Å². The Bertz CT molecular complexity index is 936. The number of aliphatic hydroxyl groups is 3. The van der Waals surface area contributed by atoms with Crippen molar-refractivity contribution in [3.8, 4) is 0 Å². The molecule has 1 amide bonds. The molecule has 0 rings (SSSR count). The van der Waals surface area contributed by atoms with Crippen LogP contribution in [-0.4, -0.2) is 46.1 Å². The van der Waals surface area contributed by atoms with Gasteiger partial charge in [0, 0.05) is 6.42 Å². The van der Waals surface area contributed by atoms with E-state index in [4.69, 9.17) is 0 Å². The van der Waals surface area contributed by atoms with Gasteiger partial charge in [0.05, 0.1) is 18.8 Å². The molecule has 5 heteroatoms. The van der Waals surface area contributed by atoms with Gasteiger partial charge in [0.25, 0.3) is 0 Å². The van der Waals surface area contributed by atoms with Gasteiger partial charge < -0.3 is 20.6 Å². The van der Waals surface area contributed by atoms with Gasteiger partial charge in [-0.3, -0.25) is 4.79 Å². The second-order valence-corrected chi connectivity index (χ2v) is 19.8. The van der Waals surface area contributed by atoms with Crippen LogP contribution < -0.4 is 5.32 Å². The third kappa shape index (κ3) is 48.6. The number of aliphatic hydroxyl groups excluding tert-OH is 3. The number of allylic oxidation sites excluding steroid dienone is 4. The molecule has 3 atom stereocenters. The van der Waals surface area contributed by atoms with Crippen molar-refractivity contribution in [3.05, 3.63) is 24.3 Å². The lowest BCUT2D eigenvalue weighted by molar-refractivity contribution is -0.124. The van der Waals surface area contributed by atoms with Gasteiger partial charge in [-0.15, -0.1) is 0 Å². The van der Waals surface area contributed by atoms with Crippen LogP contribution in [0.3, 0.4) is 0 Å². The van der Waals surface area contributed by atoms with Crippen LogP contribution in [0.1, 0.15) is 316 Å². The molecule has 0 aromatic heterocycles. The van der Waals surface area contributed by atoms with Crippen LogP contribution in [0.25, 0.3) is 0 Å². The zero-order chi connectivity index (χ0) is 45.8. The van der Waals surface area contributed by atoms with E-state index in [0.29, 0.717) is 12.8 Å². The largest absolute Gasteiger partial charge is 0.394 e. The van der Waals surface area contributed by atoms with Gasteiger partial charge in [-0.2, -0.15) is 0 Å². The molecule has 0 saturated heterocycles. The van der Waals surface area contributed by atoms with E-state index in [0.717, 1.165) is 44.9 Å². The zero-order valence-corrected chi connectivity index (χ0v) is 42.7. The number of unbranched alkanes of at least 4 members (excludes halogenated alkanes) is 41. The molecule has 5 nitrogen and oxygen atoms in total. The van der Waals surface area contributed by atoms with Crippen molar-refractivity contribution in [2.24, 2.45) is 0 Å². The number of hydrogen-bond acceptors (Lipinski definition) is 4. The highest BCUT2D eigenvalue weighted by atomic mass is 16.3. The van der Waals surface area contributed by atoms with Crippen molar-refractivity contribution in [3.63, 3.8) is 0 Å². The van der Waals surface area contributed by atoms with Crippen LogP contribution in [0.15, 0.2) is 24.3 Å². The van der Waals surface area contributed by atoms with E-state index in [9.17, 15) is 20.1 Å². The predicted molar refractivity (Wildman–Crippen MR) is 278 cm³/mol. The molecule has 4 N–H and O–H groups in total. The SMILES string of the molecule is CCCCCCC/C=C/CC/C=C/CCCC(O)C(O)C(CO)NC(=O)CCCCCCCCCCCCCCCCCCCCCCCCCCCCCCCCCCCCC. The quantitative estimate of drug-likeness (QED) is 0.0362. The lowest BCUT2D eigenvalue weighted by Crippen LogP contribution is -2.50. The Morgan fingerprint density at radius 2 is 0.651 bits per heavy atom. The number of carbonyl (C=O) groups is 1. The number of amides is 1. The molecule has 0 aliphatic carbocycles. The molecular weight excluding hydrogens is 775 g/mol. The van der Waals surface area contributed by atoms with E-state index in [1.165, 1.54) is 244 Å². The maximum absolute atomic E-state index is 12.5. The van der Waals surface area contributed by atoms with E-state index in [1.54, 1.807) is 0 Å². The average molecular weight is 889 g/mol. The van der Waals surface area contributed by atoms with Crippen LogP contribution in [0.2, 0.25) is 0 Å². The Kier molecular flexibility index (Phi) is 52.5. The standard InChI is InChI=1S/C58H113NO4/c1-3-5-7-9-11-13-15-17-19-20-21-22-23-24-25-26-27-28-29-30-31-32-33-34-35-36-37-38-39-41-43-45-47-49-51-53-57(62)59-55(54-60)58(63)56(61)52-50-48-46-44-42-40-18-16-14-12-10-8-6-4-2/h16,18,44,46,55-56,58,60-61,63H,3-15,17,19-43,45,47-54H2,1-2H3,(H,59,62)/b18-16+,46-44+. The van der Waals surface area contributed by atoms with Crippen LogP contribution in [0.5, 0.6) is 0 Å². The third-order valence-electron chi connectivity index (χ3n) is 13.5. The maximum atomic E-state index is 12.5. The molecule has 0 aromatic rings. The summed E-state index contributed by atoms with van der Waals surface area (Å²) in [4.78, 5) is 12.5. The van der Waals surface area contributed by atoms with Gasteiger partial charge >= 0.3 is 0 Å². The van der Waals surface area contributed by atoms with Crippen molar-refractivity contribution in [1.29, 1.82) is 0 Å². The van der Waals surface area contributed by atoms with E-state index in [1.807, 2.05) is 0 Å². The van der Waals surface area contributed by atoms with Gasteiger partial charge in [0.2, 0.25) is 5.91 Å². The molecule has 0 aliphatic rings. The van der Waals surface area contributed by atoms with Gasteiger partial charge in [-0.05, 0) is 51.4 Å². The van der Waals surface area contributed by atoms with Gasteiger partial charge in [-0.1, -0.05) is 282 Å². The monoisotopic (exact) mass is 888 g/mol. The van der Waals surface area contributed by atoms with Gasteiger partial charge in [0.1, 0.15) is 6.10 Å². The molecule has 0 heterocycles. The highest BCUT2D eigenvalue weighted by molar-refractivity contribution is 5.76. The van der Waals surface area contributed by atoms with Crippen molar-refractivity contribution in [2.75, 3.05) is 6.61 Å². The Labute approximate surface area is 394 Å². The average Bonchev–Trinajstić information content (AvgIpc) is 3.29. The summed E-state index contributed by atoms with van der Waals surface area (Å²) in [7, 11) is 0. The van der Waals surface area contributed by atoms with Crippen molar-refractivity contribution >= 4 is 5.91 Å². The third-order valence-corrected chi connectivity index (χ3v) is 13.5. The molecule has 0 radical (unpaired) electrons. The van der Waals surface area contributed by atoms with Crippen LogP contribution in [0, 0.1) is 0 Å². The minimum atomic E-state index is -1.16. The fourth-order valence-corrected chi connectivity index (χ4v) is 9.12. The fourth-order valence-electron chi connectivity index (χ4n) is 9.12. The summed E-state index contributed by atoms with van der Waals surface area (Å²) >= 11 is 0. The first-order valence-corrected chi connectivity index (χ1v) is 28.6. The number of rotatable bonds is 53. The predicted octanol–water partition coefficient (Wildman–Crippen LogP) is 17.7. The minimum Gasteiger partial charge on any atom is -0.394 e. The Morgan fingerprint density at radius 1 is 0.381 bits per heavy atom. The van der Waals surface area contributed by atoms with Crippen LogP contribution in [0.4, 0.5) is 0 Å². The first kappa shape index (κ1) is 61.8. The summed E-state index contributed by atoms with van der Waals surface area (Å²) in [6.07, 6.45) is 67.9. The normalized spacial score (nSPS) is 13.4. The molecule has 374 valence electrons.